The molecule has 80 valence electrons. The second kappa shape index (κ2) is 4.38. The van der Waals surface area contributed by atoms with Gasteiger partial charge in [-0.2, -0.15) is 0 Å². The van der Waals surface area contributed by atoms with Gasteiger partial charge < -0.3 is 5.73 Å². The van der Waals surface area contributed by atoms with E-state index in [0.29, 0.717) is 6.54 Å². The normalized spacial score (nSPS) is 10.9. The van der Waals surface area contributed by atoms with E-state index in [1.165, 1.54) is 4.88 Å². The molecule has 0 saturated carbocycles. The molecule has 15 heavy (non-hydrogen) atoms. The van der Waals surface area contributed by atoms with Gasteiger partial charge in [-0.15, -0.1) is 22.7 Å². The van der Waals surface area contributed by atoms with Crippen molar-refractivity contribution < 1.29 is 0 Å². The smallest absolute Gasteiger partial charge is 0.104 e. The van der Waals surface area contributed by atoms with Crippen LogP contribution in [-0.4, -0.2) is 16.5 Å². The first-order valence-corrected chi connectivity index (χ1v) is 6.49. The van der Waals surface area contributed by atoms with Crippen molar-refractivity contribution in [1.82, 2.24) is 9.97 Å². The van der Waals surface area contributed by atoms with Crippen molar-refractivity contribution >= 4 is 22.7 Å². The fraction of sp³-hybridized carbons (Fsp3) is 0.400. The number of hydrogen-bond acceptors (Lipinski definition) is 5. The summed E-state index contributed by atoms with van der Waals surface area (Å²) in [4.78, 5) is 10.2. The van der Waals surface area contributed by atoms with E-state index in [1.54, 1.807) is 22.7 Å². The first-order valence-electron chi connectivity index (χ1n) is 4.79. The monoisotopic (exact) mass is 239 g/mol. The Morgan fingerprint density at radius 1 is 1.33 bits per heavy atom. The summed E-state index contributed by atoms with van der Waals surface area (Å²) in [6.45, 7) is 4.76. The molecule has 0 amide bonds. The molecule has 0 bridgehead atoms. The fourth-order valence-electron chi connectivity index (χ4n) is 1.42. The molecule has 0 aliphatic carbocycles. The Morgan fingerprint density at radius 2 is 2.13 bits per heavy atom. The molecule has 0 unspecified atom stereocenters. The summed E-state index contributed by atoms with van der Waals surface area (Å²) < 4.78 is 0. The first kappa shape index (κ1) is 10.7. The van der Waals surface area contributed by atoms with E-state index < -0.39 is 0 Å². The van der Waals surface area contributed by atoms with Gasteiger partial charge in [0.15, 0.2) is 0 Å². The molecule has 0 aliphatic heterocycles. The number of thiazole rings is 2. The molecule has 5 heteroatoms. The zero-order chi connectivity index (χ0) is 10.8. The molecule has 2 aromatic heterocycles. The molecule has 2 rings (SSSR count). The van der Waals surface area contributed by atoms with E-state index in [-0.39, 0.29) is 0 Å². The number of aromatic nitrogens is 2. The number of nitrogens with two attached hydrogens (primary N) is 1. The van der Waals surface area contributed by atoms with Crippen LogP contribution in [0.1, 0.15) is 14.9 Å². The Morgan fingerprint density at radius 3 is 2.73 bits per heavy atom. The SMILES string of the molecule is Cc1nc(-c2csc(CCN)n2)c(C)s1. The van der Waals surface area contributed by atoms with E-state index >= 15 is 0 Å². The average molecular weight is 239 g/mol. The number of aryl methyl sites for hydroxylation is 2. The summed E-state index contributed by atoms with van der Waals surface area (Å²) >= 11 is 3.38. The van der Waals surface area contributed by atoms with Gasteiger partial charge in [-0.25, -0.2) is 9.97 Å². The van der Waals surface area contributed by atoms with Gasteiger partial charge in [0.25, 0.3) is 0 Å². The second-order valence-corrected chi connectivity index (χ2v) is 5.65. The van der Waals surface area contributed by atoms with Crippen molar-refractivity contribution in [2.45, 2.75) is 20.3 Å². The van der Waals surface area contributed by atoms with Gasteiger partial charge in [-0.3, -0.25) is 0 Å². The van der Waals surface area contributed by atoms with Gasteiger partial charge in [0.2, 0.25) is 0 Å². The molecule has 0 atom stereocenters. The number of nitrogens with zero attached hydrogens (tertiary/aromatic N) is 2. The molecule has 0 aliphatic rings. The van der Waals surface area contributed by atoms with Crippen LogP contribution in [0.2, 0.25) is 0 Å². The van der Waals surface area contributed by atoms with Crippen molar-refractivity contribution in [2.75, 3.05) is 6.54 Å². The van der Waals surface area contributed by atoms with Crippen LogP contribution < -0.4 is 5.73 Å². The molecular formula is C10H13N3S2. The van der Waals surface area contributed by atoms with E-state index in [9.17, 15) is 0 Å². The van der Waals surface area contributed by atoms with Crippen LogP contribution in [-0.2, 0) is 6.42 Å². The molecule has 2 heterocycles. The standard InChI is InChI=1S/C10H13N3S2/c1-6-10(12-7(2)15-6)8-5-14-9(13-8)3-4-11/h5H,3-4,11H2,1-2H3. The summed E-state index contributed by atoms with van der Waals surface area (Å²) in [6.07, 6.45) is 0.854. The van der Waals surface area contributed by atoms with Crippen molar-refractivity contribution in [3.05, 3.63) is 20.3 Å². The highest BCUT2D eigenvalue weighted by Gasteiger charge is 2.10. The Bertz CT molecular complexity index is 459. The predicted octanol–water partition coefficient (Wildman–Crippen LogP) is 2.38. The van der Waals surface area contributed by atoms with Crippen LogP contribution in [0.3, 0.4) is 0 Å². The van der Waals surface area contributed by atoms with E-state index in [4.69, 9.17) is 5.73 Å². The maximum absolute atomic E-state index is 5.50. The summed E-state index contributed by atoms with van der Waals surface area (Å²) in [5.74, 6) is 0. The highest BCUT2D eigenvalue weighted by molar-refractivity contribution is 7.12. The average Bonchev–Trinajstić information content (AvgIpc) is 2.73. The minimum atomic E-state index is 0.655. The van der Waals surface area contributed by atoms with E-state index in [2.05, 4.69) is 22.3 Å². The number of hydrogen-bond donors (Lipinski definition) is 1. The molecule has 3 nitrogen and oxygen atoms in total. The summed E-state index contributed by atoms with van der Waals surface area (Å²) in [7, 11) is 0. The van der Waals surface area contributed by atoms with Gasteiger partial charge in [-0.1, -0.05) is 0 Å². The third-order valence-corrected chi connectivity index (χ3v) is 3.85. The lowest BCUT2D eigenvalue weighted by Crippen LogP contribution is -2.02. The summed E-state index contributed by atoms with van der Waals surface area (Å²) in [6, 6.07) is 0. The van der Waals surface area contributed by atoms with Crippen molar-refractivity contribution in [2.24, 2.45) is 5.73 Å². The second-order valence-electron chi connectivity index (χ2n) is 3.30. The molecule has 0 radical (unpaired) electrons. The van der Waals surface area contributed by atoms with Crippen LogP contribution in [0.4, 0.5) is 0 Å². The minimum Gasteiger partial charge on any atom is -0.330 e. The van der Waals surface area contributed by atoms with Crippen molar-refractivity contribution in [1.29, 1.82) is 0 Å². The lowest BCUT2D eigenvalue weighted by Gasteiger charge is -1.91. The predicted molar refractivity (Wildman–Crippen MR) is 65.5 cm³/mol. The largest absolute Gasteiger partial charge is 0.330 e. The topological polar surface area (TPSA) is 51.8 Å². The van der Waals surface area contributed by atoms with Crippen LogP contribution in [0.5, 0.6) is 0 Å². The molecule has 0 saturated heterocycles. The highest BCUT2D eigenvalue weighted by atomic mass is 32.1. The molecule has 0 fully saturated rings. The highest BCUT2D eigenvalue weighted by Crippen LogP contribution is 2.28. The lowest BCUT2D eigenvalue weighted by molar-refractivity contribution is 0.953. The Labute approximate surface area is 97.0 Å². The maximum atomic E-state index is 5.50. The zero-order valence-electron chi connectivity index (χ0n) is 8.78. The van der Waals surface area contributed by atoms with E-state index in [1.807, 2.05) is 6.92 Å². The van der Waals surface area contributed by atoms with Crippen LogP contribution in [0.25, 0.3) is 11.4 Å². The minimum absolute atomic E-state index is 0.655. The van der Waals surface area contributed by atoms with Crippen LogP contribution in [0, 0.1) is 13.8 Å². The van der Waals surface area contributed by atoms with Gasteiger partial charge in [0.05, 0.1) is 10.0 Å². The Kier molecular flexibility index (Phi) is 3.14. The van der Waals surface area contributed by atoms with E-state index in [0.717, 1.165) is 27.8 Å². The molecule has 0 spiro atoms. The summed E-state index contributed by atoms with van der Waals surface area (Å²) in [5.41, 5.74) is 7.51. The Balaban J connectivity index is 2.32. The van der Waals surface area contributed by atoms with Crippen molar-refractivity contribution in [3.63, 3.8) is 0 Å². The number of rotatable bonds is 3. The fourth-order valence-corrected chi connectivity index (χ4v) is 3.05. The third-order valence-electron chi connectivity index (χ3n) is 2.06. The lowest BCUT2D eigenvalue weighted by atomic mass is 10.3. The van der Waals surface area contributed by atoms with Gasteiger partial charge in [0, 0.05) is 16.7 Å². The molecule has 0 aromatic carbocycles. The Hall–Kier alpha value is -0.780. The van der Waals surface area contributed by atoms with Gasteiger partial charge >= 0.3 is 0 Å². The molecular weight excluding hydrogens is 226 g/mol. The molecule has 2 N–H and O–H groups in total. The third kappa shape index (κ3) is 2.25. The quantitative estimate of drug-likeness (QED) is 0.894. The summed E-state index contributed by atoms with van der Waals surface area (Å²) in [5, 5.41) is 4.25. The first-order chi connectivity index (χ1) is 7.20. The van der Waals surface area contributed by atoms with Crippen LogP contribution >= 0.6 is 22.7 Å². The van der Waals surface area contributed by atoms with Crippen molar-refractivity contribution in [3.8, 4) is 11.4 Å². The zero-order valence-corrected chi connectivity index (χ0v) is 10.4. The van der Waals surface area contributed by atoms with Gasteiger partial charge in [0.1, 0.15) is 11.4 Å². The van der Waals surface area contributed by atoms with Gasteiger partial charge in [-0.05, 0) is 20.4 Å². The van der Waals surface area contributed by atoms with Crippen LogP contribution in [0.15, 0.2) is 5.38 Å². The molecule has 2 aromatic rings. The maximum Gasteiger partial charge on any atom is 0.104 e.